The molecule has 0 aromatic carbocycles. The average molecular weight is 377 g/mol. The van der Waals surface area contributed by atoms with E-state index in [0.29, 0.717) is 18.3 Å². The zero-order valence-electron chi connectivity index (χ0n) is 15.7. The summed E-state index contributed by atoms with van der Waals surface area (Å²) in [7, 11) is 0. The molecule has 0 bridgehead atoms. The van der Waals surface area contributed by atoms with E-state index in [-0.39, 0.29) is 5.56 Å². The van der Waals surface area contributed by atoms with Crippen LogP contribution in [0.4, 0.5) is 5.82 Å². The second kappa shape index (κ2) is 7.18. The van der Waals surface area contributed by atoms with Gasteiger partial charge < -0.3 is 4.90 Å². The summed E-state index contributed by atoms with van der Waals surface area (Å²) in [6.07, 6.45) is 8.92. The first-order valence-electron chi connectivity index (χ1n) is 9.95. The van der Waals surface area contributed by atoms with E-state index in [0.717, 1.165) is 44.6 Å². The highest BCUT2D eigenvalue weighted by atomic mass is 16.1. The monoisotopic (exact) mass is 377 g/mol. The minimum absolute atomic E-state index is 0.0668. The highest BCUT2D eigenvalue weighted by molar-refractivity contribution is 5.43. The zero-order valence-corrected chi connectivity index (χ0v) is 15.7. The van der Waals surface area contributed by atoms with Gasteiger partial charge in [0.25, 0.3) is 5.56 Å². The lowest BCUT2D eigenvalue weighted by atomic mass is 9.97. The van der Waals surface area contributed by atoms with Gasteiger partial charge in [0.15, 0.2) is 11.6 Å². The molecule has 2 aliphatic rings. The first-order chi connectivity index (χ1) is 13.8. The molecule has 0 saturated carbocycles. The summed E-state index contributed by atoms with van der Waals surface area (Å²) in [5.74, 6) is 2.09. The Morgan fingerprint density at radius 3 is 2.79 bits per heavy atom. The Morgan fingerprint density at radius 1 is 1.07 bits per heavy atom. The second-order valence-corrected chi connectivity index (χ2v) is 7.62. The van der Waals surface area contributed by atoms with Crippen LogP contribution in [0.15, 0.2) is 41.5 Å². The summed E-state index contributed by atoms with van der Waals surface area (Å²) >= 11 is 0. The quantitative estimate of drug-likeness (QED) is 0.687. The van der Waals surface area contributed by atoms with Crippen LogP contribution in [0, 0.1) is 5.92 Å². The van der Waals surface area contributed by atoms with Gasteiger partial charge in [-0.2, -0.15) is 10.2 Å². The third kappa shape index (κ3) is 3.30. The molecule has 0 radical (unpaired) electrons. The van der Waals surface area contributed by atoms with Crippen molar-refractivity contribution in [3.05, 3.63) is 58.3 Å². The Bertz CT molecular complexity index is 1020. The fraction of sp³-hybridized carbons (Fsp3) is 0.450. The Labute approximate surface area is 162 Å². The van der Waals surface area contributed by atoms with Gasteiger partial charge in [0, 0.05) is 38.1 Å². The van der Waals surface area contributed by atoms with E-state index in [4.69, 9.17) is 0 Å². The number of anilines is 1. The predicted octanol–water partition coefficient (Wildman–Crippen LogP) is 1.62. The van der Waals surface area contributed by atoms with Crippen LogP contribution in [-0.2, 0) is 19.4 Å². The molecule has 0 spiro atoms. The van der Waals surface area contributed by atoms with Gasteiger partial charge in [-0.3, -0.25) is 4.79 Å². The minimum Gasteiger partial charge on any atom is -0.355 e. The lowest BCUT2D eigenvalue weighted by Crippen LogP contribution is -2.37. The lowest BCUT2D eigenvalue weighted by Gasteiger charge is -2.32. The molecule has 0 amide bonds. The Kier molecular flexibility index (Phi) is 4.38. The van der Waals surface area contributed by atoms with Crippen LogP contribution in [-0.4, -0.2) is 42.8 Å². The highest BCUT2D eigenvalue weighted by Gasteiger charge is 2.23. The summed E-state index contributed by atoms with van der Waals surface area (Å²) in [4.78, 5) is 14.6. The van der Waals surface area contributed by atoms with Gasteiger partial charge in [-0.05, 0) is 61.8 Å². The van der Waals surface area contributed by atoms with E-state index >= 15 is 0 Å². The Balaban J connectivity index is 1.25. The second-order valence-electron chi connectivity index (χ2n) is 7.62. The summed E-state index contributed by atoms with van der Waals surface area (Å²) in [5, 5.41) is 17.5. The van der Waals surface area contributed by atoms with Crippen molar-refractivity contribution in [2.45, 2.75) is 38.6 Å². The zero-order chi connectivity index (χ0) is 18.9. The first-order valence-corrected chi connectivity index (χ1v) is 9.95. The van der Waals surface area contributed by atoms with E-state index < -0.39 is 0 Å². The maximum Gasteiger partial charge on any atom is 0.266 e. The van der Waals surface area contributed by atoms with Crippen LogP contribution < -0.4 is 10.5 Å². The number of fused-ring (bicyclic) bond motifs is 1. The molecule has 3 aromatic heterocycles. The van der Waals surface area contributed by atoms with E-state index in [1.165, 1.54) is 17.7 Å². The number of rotatable bonds is 4. The maximum atomic E-state index is 12.3. The van der Waals surface area contributed by atoms with Crippen LogP contribution in [0.25, 0.3) is 5.82 Å². The van der Waals surface area contributed by atoms with Crippen molar-refractivity contribution in [1.29, 1.82) is 0 Å². The van der Waals surface area contributed by atoms with Crippen molar-refractivity contribution in [3.63, 3.8) is 0 Å². The summed E-state index contributed by atoms with van der Waals surface area (Å²) < 4.78 is 3.25. The van der Waals surface area contributed by atoms with Crippen LogP contribution in [0.3, 0.4) is 0 Å². The summed E-state index contributed by atoms with van der Waals surface area (Å²) in [6, 6.07) is 7.34. The molecule has 5 rings (SSSR count). The van der Waals surface area contributed by atoms with Crippen molar-refractivity contribution in [3.8, 4) is 5.82 Å². The largest absolute Gasteiger partial charge is 0.355 e. The van der Waals surface area contributed by atoms with Gasteiger partial charge in [-0.1, -0.05) is 0 Å². The molecular weight excluding hydrogens is 354 g/mol. The number of hydrogen-bond donors (Lipinski definition) is 0. The van der Waals surface area contributed by atoms with Gasteiger partial charge in [0.1, 0.15) is 0 Å². The van der Waals surface area contributed by atoms with Crippen molar-refractivity contribution in [2.75, 3.05) is 18.0 Å². The van der Waals surface area contributed by atoms with Crippen LogP contribution in [0.2, 0.25) is 0 Å². The summed E-state index contributed by atoms with van der Waals surface area (Å²) in [6.45, 7) is 2.51. The van der Waals surface area contributed by atoms with Crippen LogP contribution in [0.5, 0.6) is 0 Å². The first kappa shape index (κ1) is 17.1. The highest BCUT2D eigenvalue weighted by Crippen LogP contribution is 2.26. The Hall–Kier alpha value is -3.03. The Morgan fingerprint density at radius 2 is 1.96 bits per heavy atom. The van der Waals surface area contributed by atoms with Gasteiger partial charge in [-0.25, -0.2) is 9.36 Å². The molecule has 8 nitrogen and oxygen atoms in total. The molecule has 3 aromatic rings. The van der Waals surface area contributed by atoms with Gasteiger partial charge in [0.2, 0.25) is 0 Å². The number of aromatic nitrogens is 6. The van der Waals surface area contributed by atoms with Gasteiger partial charge >= 0.3 is 0 Å². The molecule has 144 valence electrons. The van der Waals surface area contributed by atoms with Crippen molar-refractivity contribution < 1.29 is 0 Å². The average Bonchev–Trinajstić information content (AvgIpc) is 3.41. The van der Waals surface area contributed by atoms with Crippen molar-refractivity contribution >= 4 is 5.82 Å². The predicted molar refractivity (Wildman–Crippen MR) is 105 cm³/mol. The molecule has 1 aliphatic heterocycles. The normalized spacial score (nSPS) is 17.1. The van der Waals surface area contributed by atoms with E-state index in [2.05, 4.69) is 31.4 Å². The minimum atomic E-state index is -0.0668. The van der Waals surface area contributed by atoms with E-state index in [1.54, 1.807) is 27.7 Å². The molecule has 1 fully saturated rings. The van der Waals surface area contributed by atoms with Crippen LogP contribution >= 0.6 is 0 Å². The van der Waals surface area contributed by atoms with Crippen molar-refractivity contribution in [2.24, 2.45) is 5.92 Å². The molecular formula is C20H23N7O. The number of aryl methyl sites for hydroxylation is 2. The van der Waals surface area contributed by atoms with E-state index in [9.17, 15) is 4.79 Å². The molecule has 0 unspecified atom stereocenters. The molecule has 4 heterocycles. The maximum absolute atomic E-state index is 12.3. The molecule has 8 heteroatoms. The van der Waals surface area contributed by atoms with Crippen molar-refractivity contribution in [1.82, 2.24) is 29.8 Å². The summed E-state index contributed by atoms with van der Waals surface area (Å²) in [5.41, 5.74) is 2.46. The molecule has 0 atom stereocenters. The van der Waals surface area contributed by atoms with Gasteiger partial charge in [-0.15, -0.1) is 10.2 Å². The topological polar surface area (TPSA) is 81.7 Å². The smallest absolute Gasteiger partial charge is 0.266 e. The molecule has 28 heavy (non-hydrogen) atoms. The van der Waals surface area contributed by atoms with Crippen LogP contribution in [0.1, 0.15) is 30.5 Å². The van der Waals surface area contributed by atoms with E-state index in [1.807, 2.05) is 12.3 Å². The fourth-order valence-electron chi connectivity index (χ4n) is 4.16. The third-order valence-corrected chi connectivity index (χ3v) is 5.77. The number of hydrogen-bond acceptors (Lipinski definition) is 6. The number of piperidine rings is 1. The fourth-order valence-corrected chi connectivity index (χ4v) is 4.16. The molecule has 1 saturated heterocycles. The van der Waals surface area contributed by atoms with Gasteiger partial charge in [0.05, 0.1) is 5.69 Å². The standard InChI is InChI=1S/C20H23N7O/c28-20-6-5-18(26-10-2-9-21-26)24-27(20)14-15-7-11-25(12-8-15)19-13-16-3-1-4-17(16)22-23-19/h2,5-6,9-10,13,15H,1,3-4,7-8,11-12,14H2. The molecule has 0 N–H and O–H groups in total. The third-order valence-electron chi connectivity index (χ3n) is 5.77. The lowest BCUT2D eigenvalue weighted by molar-refractivity contribution is 0.333. The SMILES string of the molecule is O=c1ccc(-n2cccn2)nn1CC1CCN(c2cc3c(nn2)CCC3)CC1. The molecule has 1 aliphatic carbocycles. The number of nitrogens with zero attached hydrogens (tertiary/aromatic N) is 7.